The Morgan fingerprint density at radius 2 is 1.62 bits per heavy atom. The van der Waals surface area contributed by atoms with Gasteiger partial charge in [-0.3, -0.25) is 0 Å². The van der Waals surface area contributed by atoms with E-state index in [4.69, 9.17) is 23.2 Å². The van der Waals surface area contributed by atoms with Gasteiger partial charge in [0.15, 0.2) is 0 Å². The highest BCUT2D eigenvalue weighted by Crippen LogP contribution is 2.30. The normalized spacial score (nSPS) is 10.8. The molecule has 16 heavy (non-hydrogen) atoms. The molecule has 0 aliphatic rings. The molecule has 2 heteroatoms. The molecule has 2 aromatic carbocycles. The highest BCUT2D eigenvalue weighted by atomic mass is 35.5. The molecule has 0 unspecified atom stereocenters. The van der Waals surface area contributed by atoms with Crippen molar-refractivity contribution in [3.05, 3.63) is 75.6 Å². The number of halogens is 2. The highest BCUT2D eigenvalue weighted by Gasteiger charge is 2.12. The molecule has 81 valence electrons. The molecule has 0 saturated heterocycles. The lowest BCUT2D eigenvalue weighted by Gasteiger charge is -2.13. The summed E-state index contributed by atoms with van der Waals surface area (Å²) in [6, 6.07) is 15.7. The summed E-state index contributed by atoms with van der Waals surface area (Å²) < 4.78 is 0. The van der Waals surface area contributed by atoms with Crippen LogP contribution in [0.3, 0.4) is 0 Å². The van der Waals surface area contributed by atoms with Crippen LogP contribution in [0.5, 0.6) is 0 Å². The Morgan fingerprint density at radius 1 is 0.938 bits per heavy atom. The summed E-state index contributed by atoms with van der Waals surface area (Å²) in [7, 11) is 0. The second-order valence-electron chi connectivity index (χ2n) is 3.62. The maximum Gasteiger partial charge on any atom is 0.0462 e. The van der Waals surface area contributed by atoms with Crippen LogP contribution in [0, 0.1) is 5.92 Å². The van der Waals surface area contributed by atoms with Crippen molar-refractivity contribution in [2.45, 2.75) is 6.92 Å². The van der Waals surface area contributed by atoms with Gasteiger partial charge in [-0.05, 0) is 23.3 Å². The molecule has 0 atom stereocenters. The van der Waals surface area contributed by atoms with Crippen molar-refractivity contribution in [3.8, 4) is 0 Å². The van der Waals surface area contributed by atoms with Crippen molar-refractivity contribution < 1.29 is 0 Å². The number of hydrogen-bond donors (Lipinski definition) is 0. The monoisotopic (exact) mass is 249 g/mol. The van der Waals surface area contributed by atoms with Gasteiger partial charge in [-0.15, -0.1) is 0 Å². The number of hydrogen-bond acceptors (Lipinski definition) is 0. The molecule has 0 spiro atoms. The topological polar surface area (TPSA) is 0 Å². The van der Waals surface area contributed by atoms with Gasteiger partial charge >= 0.3 is 0 Å². The van der Waals surface area contributed by atoms with E-state index in [-0.39, 0.29) is 0 Å². The summed E-state index contributed by atoms with van der Waals surface area (Å²) in [5, 5.41) is 1.35. The highest BCUT2D eigenvalue weighted by molar-refractivity contribution is 6.35. The first-order valence-electron chi connectivity index (χ1n) is 5.03. The summed E-state index contributed by atoms with van der Waals surface area (Å²) >= 11 is 12.0. The van der Waals surface area contributed by atoms with E-state index in [2.05, 4.69) is 19.1 Å². The van der Waals surface area contributed by atoms with Crippen LogP contribution in [0.15, 0.2) is 48.5 Å². The van der Waals surface area contributed by atoms with E-state index in [1.165, 1.54) is 5.56 Å². The van der Waals surface area contributed by atoms with Crippen molar-refractivity contribution in [2.75, 3.05) is 0 Å². The quantitative estimate of drug-likeness (QED) is 0.704. The summed E-state index contributed by atoms with van der Waals surface area (Å²) in [6.45, 7) is 2.06. The van der Waals surface area contributed by atoms with Gasteiger partial charge in [0, 0.05) is 16.0 Å². The standard InChI is InChI=1S/C14H11Cl2/c1-10(11-5-3-2-4-6-11)13-8-7-12(15)9-14(13)16/h2-9H,1H3. The van der Waals surface area contributed by atoms with Crippen molar-refractivity contribution in [1.82, 2.24) is 0 Å². The van der Waals surface area contributed by atoms with E-state index in [0.717, 1.165) is 11.5 Å². The smallest absolute Gasteiger partial charge is 0.0462 e. The maximum absolute atomic E-state index is 6.17. The third-order valence-corrected chi connectivity index (χ3v) is 3.09. The molecule has 2 rings (SSSR count). The molecule has 0 aliphatic carbocycles. The fourth-order valence-corrected chi connectivity index (χ4v) is 2.19. The summed E-state index contributed by atoms with van der Waals surface area (Å²) in [5.74, 6) is 1.15. The third kappa shape index (κ3) is 2.40. The lowest BCUT2D eigenvalue weighted by atomic mass is 9.93. The summed E-state index contributed by atoms with van der Waals surface area (Å²) in [6.07, 6.45) is 0. The Hall–Kier alpha value is -0.980. The Kier molecular flexibility index (Phi) is 3.52. The van der Waals surface area contributed by atoms with Crippen LogP contribution in [-0.4, -0.2) is 0 Å². The van der Waals surface area contributed by atoms with Crippen LogP contribution in [-0.2, 0) is 0 Å². The molecular weight excluding hydrogens is 239 g/mol. The van der Waals surface area contributed by atoms with Crippen LogP contribution >= 0.6 is 23.2 Å². The van der Waals surface area contributed by atoms with Crippen molar-refractivity contribution in [1.29, 1.82) is 0 Å². The predicted octanol–water partition coefficient (Wildman–Crippen LogP) is 4.98. The van der Waals surface area contributed by atoms with Gasteiger partial charge in [0.2, 0.25) is 0 Å². The van der Waals surface area contributed by atoms with Gasteiger partial charge in [-0.2, -0.15) is 0 Å². The van der Waals surface area contributed by atoms with E-state index in [1.807, 2.05) is 30.3 Å². The van der Waals surface area contributed by atoms with E-state index < -0.39 is 0 Å². The second-order valence-corrected chi connectivity index (χ2v) is 4.46. The van der Waals surface area contributed by atoms with Gasteiger partial charge in [-0.1, -0.05) is 66.5 Å². The Labute approximate surface area is 106 Å². The Balaban J connectivity index is 2.38. The minimum absolute atomic E-state index is 0.662. The SMILES string of the molecule is C[C](c1ccccc1)c1ccc(Cl)cc1Cl. The van der Waals surface area contributed by atoms with Crippen molar-refractivity contribution in [3.63, 3.8) is 0 Å². The molecule has 0 amide bonds. The molecule has 0 heterocycles. The number of rotatable bonds is 2. The molecule has 0 fully saturated rings. The minimum Gasteiger partial charge on any atom is -0.0843 e. The average Bonchev–Trinajstić information content (AvgIpc) is 2.29. The van der Waals surface area contributed by atoms with Gasteiger partial charge in [-0.25, -0.2) is 0 Å². The van der Waals surface area contributed by atoms with Crippen LogP contribution in [0.1, 0.15) is 18.1 Å². The van der Waals surface area contributed by atoms with Crippen LogP contribution in [0.4, 0.5) is 0 Å². The Morgan fingerprint density at radius 3 is 2.25 bits per heavy atom. The van der Waals surface area contributed by atoms with E-state index in [9.17, 15) is 0 Å². The zero-order valence-electron chi connectivity index (χ0n) is 8.87. The summed E-state index contributed by atoms with van der Waals surface area (Å²) in [4.78, 5) is 0. The lowest BCUT2D eigenvalue weighted by Crippen LogP contribution is -1.97. The molecule has 1 radical (unpaired) electrons. The first-order valence-corrected chi connectivity index (χ1v) is 5.78. The minimum atomic E-state index is 0.662. The fraction of sp³-hybridized carbons (Fsp3) is 0.0714. The molecule has 0 saturated carbocycles. The third-order valence-electron chi connectivity index (χ3n) is 2.54. The zero-order chi connectivity index (χ0) is 11.5. The molecule has 0 aliphatic heterocycles. The first-order chi connectivity index (χ1) is 7.68. The molecule has 2 aromatic rings. The first kappa shape index (κ1) is 11.5. The lowest BCUT2D eigenvalue weighted by molar-refractivity contribution is 1.19. The predicted molar refractivity (Wildman–Crippen MR) is 70.0 cm³/mol. The van der Waals surface area contributed by atoms with Crippen LogP contribution < -0.4 is 0 Å². The second kappa shape index (κ2) is 4.90. The van der Waals surface area contributed by atoms with Gasteiger partial charge < -0.3 is 0 Å². The molecule has 0 nitrogen and oxygen atoms in total. The maximum atomic E-state index is 6.17. The molecular formula is C14H11Cl2. The van der Waals surface area contributed by atoms with E-state index >= 15 is 0 Å². The largest absolute Gasteiger partial charge is 0.0843 e. The number of benzene rings is 2. The van der Waals surface area contributed by atoms with Gasteiger partial charge in [0.25, 0.3) is 0 Å². The average molecular weight is 250 g/mol. The van der Waals surface area contributed by atoms with Crippen LogP contribution in [0.2, 0.25) is 10.0 Å². The van der Waals surface area contributed by atoms with E-state index in [0.29, 0.717) is 10.0 Å². The fourth-order valence-electron chi connectivity index (χ4n) is 1.64. The van der Waals surface area contributed by atoms with Crippen molar-refractivity contribution >= 4 is 23.2 Å². The van der Waals surface area contributed by atoms with Gasteiger partial charge in [0.1, 0.15) is 0 Å². The zero-order valence-corrected chi connectivity index (χ0v) is 10.4. The molecule has 0 bridgehead atoms. The van der Waals surface area contributed by atoms with Crippen molar-refractivity contribution in [2.24, 2.45) is 0 Å². The molecule has 0 N–H and O–H groups in total. The van der Waals surface area contributed by atoms with E-state index in [1.54, 1.807) is 6.07 Å². The van der Waals surface area contributed by atoms with Gasteiger partial charge in [0.05, 0.1) is 0 Å². The molecule has 0 aromatic heterocycles. The summed E-state index contributed by atoms with van der Waals surface area (Å²) in [5.41, 5.74) is 2.20. The van der Waals surface area contributed by atoms with Crippen LogP contribution in [0.25, 0.3) is 0 Å². The Bertz CT molecular complexity index is 477.